The molecule has 12 heavy (non-hydrogen) atoms. The van der Waals surface area contributed by atoms with Crippen molar-refractivity contribution in [3.63, 3.8) is 0 Å². The molecule has 0 spiro atoms. The van der Waals surface area contributed by atoms with Crippen LogP contribution in [0.15, 0.2) is 35.4 Å². The van der Waals surface area contributed by atoms with E-state index in [1.807, 2.05) is 6.07 Å². The van der Waals surface area contributed by atoms with Crippen LogP contribution in [-0.4, -0.2) is 8.96 Å². The Kier molecular flexibility index (Phi) is 1.62. The van der Waals surface area contributed by atoms with Gasteiger partial charge in [0.05, 0.1) is 10.9 Å². The predicted molar refractivity (Wildman–Crippen MR) is 50.4 cm³/mol. The number of hydrogen-bond acceptors (Lipinski definition) is 3. The van der Waals surface area contributed by atoms with Crippen LogP contribution in [0.1, 0.15) is 0 Å². The van der Waals surface area contributed by atoms with Crippen molar-refractivity contribution in [1.29, 1.82) is 0 Å². The SMILES string of the molecule is O=c1c2ccccc2ncn1S. The molecule has 0 aliphatic carbocycles. The van der Waals surface area contributed by atoms with Crippen molar-refractivity contribution < 1.29 is 0 Å². The minimum absolute atomic E-state index is 0.135. The summed E-state index contributed by atoms with van der Waals surface area (Å²) < 4.78 is 1.17. The summed E-state index contributed by atoms with van der Waals surface area (Å²) in [6.07, 6.45) is 1.40. The fraction of sp³-hybridized carbons (Fsp3) is 0. The molecule has 0 N–H and O–H groups in total. The molecule has 1 aromatic carbocycles. The summed E-state index contributed by atoms with van der Waals surface area (Å²) in [6.45, 7) is 0. The maximum atomic E-state index is 11.4. The van der Waals surface area contributed by atoms with Crippen molar-refractivity contribution in [2.45, 2.75) is 0 Å². The van der Waals surface area contributed by atoms with Crippen molar-refractivity contribution in [3.05, 3.63) is 40.9 Å². The standard InChI is InChI=1S/C8H6N2OS/c11-8-6-3-1-2-4-7(6)9-5-10(8)12/h1-5,12H. The van der Waals surface area contributed by atoms with Crippen LogP contribution in [0, 0.1) is 0 Å². The van der Waals surface area contributed by atoms with Crippen molar-refractivity contribution in [1.82, 2.24) is 8.96 Å². The lowest BCUT2D eigenvalue weighted by atomic mass is 10.2. The minimum Gasteiger partial charge on any atom is -0.268 e. The van der Waals surface area contributed by atoms with Crippen LogP contribution in [-0.2, 0) is 0 Å². The molecular weight excluding hydrogens is 172 g/mol. The van der Waals surface area contributed by atoms with Crippen LogP contribution < -0.4 is 5.56 Å². The second-order valence-electron chi connectivity index (χ2n) is 2.41. The predicted octanol–water partition coefficient (Wildman–Crippen LogP) is 1.09. The summed E-state index contributed by atoms with van der Waals surface area (Å²) in [7, 11) is 0. The number of aromatic nitrogens is 2. The Morgan fingerprint density at radius 2 is 2.08 bits per heavy atom. The maximum Gasteiger partial charge on any atom is 0.271 e. The van der Waals surface area contributed by atoms with Gasteiger partial charge in [-0.2, -0.15) is 0 Å². The number of para-hydroxylation sites is 1. The van der Waals surface area contributed by atoms with E-state index in [1.54, 1.807) is 18.2 Å². The normalized spacial score (nSPS) is 10.4. The molecule has 0 atom stereocenters. The van der Waals surface area contributed by atoms with Crippen LogP contribution >= 0.6 is 12.8 Å². The third-order valence-corrected chi connectivity index (χ3v) is 1.93. The molecule has 2 rings (SSSR count). The average molecular weight is 178 g/mol. The topological polar surface area (TPSA) is 34.9 Å². The highest BCUT2D eigenvalue weighted by molar-refractivity contribution is 7.78. The fourth-order valence-electron chi connectivity index (χ4n) is 1.06. The van der Waals surface area contributed by atoms with E-state index in [0.29, 0.717) is 10.9 Å². The molecule has 60 valence electrons. The molecule has 0 bridgehead atoms. The highest BCUT2D eigenvalue weighted by atomic mass is 32.1. The average Bonchev–Trinajstić information content (AvgIpc) is 2.12. The molecule has 0 amide bonds. The maximum absolute atomic E-state index is 11.4. The summed E-state index contributed by atoms with van der Waals surface area (Å²) in [6, 6.07) is 7.18. The molecule has 4 heteroatoms. The van der Waals surface area contributed by atoms with E-state index in [9.17, 15) is 4.79 Å². The molecule has 0 saturated carbocycles. The van der Waals surface area contributed by atoms with E-state index in [1.165, 1.54) is 10.3 Å². The summed E-state index contributed by atoms with van der Waals surface area (Å²) in [5.41, 5.74) is 0.566. The number of thiol groups is 1. The van der Waals surface area contributed by atoms with Gasteiger partial charge < -0.3 is 0 Å². The Balaban J connectivity index is 3.01. The number of benzene rings is 1. The van der Waals surface area contributed by atoms with Gasteiger partial charge in [-0.25, -0.2) is 8.96 Å². The highest BCUT2D eigenvalue weighted by Gasteiger charge is 1.98. The zero-order chi connectivity index (χ0) is 8.55. The van der Waals surface area contributed by atoms with Gasteiger partial charge in [-0.15, -0.1) is 0 Å². The lowest BCUT2D eigenvalue weighted by Gasteiger charge is -1.96. The summed E-state index contributed by atoms with van der Waals surface area (Å²) in [4.78, 5) is 15.4. The van der Waals surface area contributed by atoms with Gasteiger partial charge in [-0.3, -0.25) is 4.79 Å². The largest absolute Gasteiger partial charge is 0.271 e. The lowest BCUT2D eigenvalue weighted by Crippen LogP contribution is -2.12. The first-order valence-electron chi connectivity index (χ1n) is 3.45. The second-order valence-corrected chi connectivity index (χ2v) is 2.84. The van der Waals surface area contributed by atoms with E-state index >= 15 is 0 Å². The van der Waals surface area contributed by atoms with Crippen molar-refractivity contribution in [2.75, 3.05) is 0 Å². The third-order valence-electron chi connectivity index (χ3n) is 1.65. The van der Waals surface area contributed by atoms with E-state index in [-0.39, 0.29) is 5.56 Å². The van der Waals surface area contributed by atoms with Crippen molar-refractivity contribution in [3.8, 4) is 0 Å². The first-order chi connectivity index (χ1) is 5.79. The Morgan fingerprint density at radius 3 is 2.92 bits per heavy atom. The quantitative estimate of drug-likeness (QED) is 0.613. The Bertz CT molecular complexity index is 478. The van der Waals surface area contributed by atoms with Gasteiger partial charge in [0, 0.05) is 0 Å². The first kappa shape index (κ1) is 7.36. The number of hydrogen-bond donors (Lipinski definition) is 1. The van der Waals surface area contributed by atoms with E-state index in [0.717, 1.165) is 0 Å². The Hall–Kier alpha value is -1.29. The van der Waals surface area contributed by atoms with Crippen molar-refractivity contribution >= 4 is 23.7 Å². The van der Waals surface area contributed by atoms with Gasteiger partial charge in [-0.05, 0) is 12.1 Å². The van der Waals surface area contributed by atoms with Gasteiger partial charge in [0.1, 0.15) is 6.33 Å². The van der Waals surface area contributed by atoms with E-state index in [4.69, 9.17) is 0 Å². The van der Waals surface area contributed by atoms with Crippen LogP contribution in [0.5, 0.6) is 0 Å². The first-order valence-corrected chi connectivity index (χ1v) is 3.85. The monoisotopic (exact) mass is 178 g/mol. The summed E-state index contributed by atoms with van der Waals surface area (Å²) in [5, 5.41) is 0.593. The molecule has 0 radical (unpaired) electrons. The van der Waals surface area contributed by atoms with Crippen LogP contribution in [0.4, 0.5) is 0 Å². The molecule has 0 aliphatic heterocycles. The van der Waals surface area contributed by atoms with Gasteiger partial charge in [0.2, 0.25) is 0 Å². The van der Waals surface area contributed by atoms with Gasteiger partial charge in [-0.1, -0.05) is 24.9 Å². The molecule has 1 heterocycles. The lowest BCUT2D eigenvalue weighted by molar-refractivity contribution is 1.11. The van der Waals surface area contributed by atoms with Crippen molar-refractivity contribution in [2.24, 2.45) is 0 Å². The zero-order valence-electron chi connectivity index (χ0n) is 6.14. The van der Waals surface area contributed by atoms with Gasteiger partial charge in [0.15, 0.2) is 0 Å². The van der Waals surface area contributed by atoms with E-state index < -0.39 is 0 Å². The fourth-order valence-corrected chi connectivity index (χ4v) is 1.22. The van der Waals surface area contributed by atoms with Crippen LogP contribution in [0.3, 0.4) is 0 Å². The van der Waals surface area contributed by atoms with E-state index in [2.05, 4.69) is 17.8 Å². The number of rotatable bonds is 0. The van der Waals surface area contributed by atoms with Gasteiger partial charge in [0.25, 0.3) is 5.56 Å². The van der Waals surface area contributed by atoms with Crippen LogP contribution in [0.25, 0.3) is 10.9 Å². The molecule has 0 fully saturated rings. The minimum atomic E-state index is -0.135. The number of nitrogens with zero attached hydrogens (tertiary/aromatic N) is 2. The molecule has 3 nitrogen and oxygen atoms in total. The Labute approximate surface area is 74.2 Å². The summed E-state index contributed by atoms with van der Waals surface area (Å²) in [5.74, 6) is 0. The zero-order valence-corrected chi connectivity index (χ0v) is 7.03. The molecule has 0 unspecified atom stereocenters. The molecule has 1 aromatic heterocycles. The highest BCUT2D eigenvalue weighted by Crippen LogP contribution is 2.04. The Morgan fingerprint density at radius 1 is 1.33 bits per heavy atom. The molecular formula is C8H6N2OS. The third kappa shape index (κ3) is 1.00. The van der Waals surface area contributed by atoms with Crippen LogP contribution in [0.2, 0.25) is 0 Å². The molecule has 0 saturated heterocycles. The molecule has 2 aromatic rings. The second kappa shape index (κ2) is 2.64. The number of fused-ring (bicyclic) bond motifs is 1. The smallest absolute Gasteiger partial charge is 0.268 e. The molecule has 0 aliphatic rings. The summed E-state index contributed by atoms with van der Waals surface area (Å²) >= 11 is 3.92. The van der Waals surface area contributed by atoms with Gasteiger partial charge >= 0.3 is 0 Å².